The summed E-state index contributed by atoms with van der Waals surface area (Å²) in [5, 5.41) is 24.1. The Morgan fingerprint density at radius 3 is 2.24 bits per heavy atom. The lowest BCUT2D eigenvalue weighted by Gasteiger charge is -2.71. The highest BCUT2D eigenvalue weighted by atomic mass is 79.9. The van der Waals surface area contributed by atoms with Crippen molar-refractivity contribution in [3.63, 3.8) is 0 Å². The standard InChI is InChI=1S/C24H34Br2O8/c1-7-21(4)10-13(27)24(31)22(5)14(32-15(28)11-25)8-9-20(2,3)18(22)17(30)19(23(24,6)34-21)33-16(29)12-26/h7,14,17-19,30-31H,1,8-12H2,2-6H3/t14-,17-,18-,19-,21-,22-,23+,24-/m0/s1. The quantitative estimate of drug-likeness (QED) is 0.277. The molecule has 8 nitrogen and oxygen atoms in total. The fraction of sp³-hybridized carbons (Fsp3) is 0.792. The van der Waals surface area contributed by atoms with Crippen LogP contribution in [0.4, 0.5) is 0 Å². The van der Waals surface area contributed by atoms with Gasteiger partial charge in [0.15, 0.2) is 17.5 Å². The molecule has 2 saturated carbocycles. The number of rotatable bonds is 5. The molecule has 0 amide bonds. The second-order valence-electron chi connectivity index (χ2n) is 11.0. The molecule has 0 spiro atoms. The molecule has 2 N–H and O–H groups in total. The molecule has 192 valence electrons. The normalized spacial score (nSPS) is 45.5. The molecular weight excluding hydrogens is 576 g/mol. The average molecular weight is 610 g/mol. The van der Waals surface area contributed by atoms with Gasteiger partial charge in [0.05, 0.1) is 11.7 Å². The molecule has 34 heavy (non-hydrogen) atoms. The van der Waals surface area contributed by atoms with Crippen LogP contribution in [0.2, 0.25) is 0 Å². The summed E-state index contributed by atoms with van der Waals surface area (Å²) in [6.07, 6.45) is -1.36. The first-order chi connectivity index (χ1) is 15.6. The Morgan fingerprint density at radius 1 is 1.15 bits per heavy atom. The Labute approximate surface area is 217 Å². The van der Waals surface area contributed by atoms with Crippen LogP contribution in [0, 0.1) is 16.7 Å². The van der Waals surface area contributed by atoms with Crippen LogP contribution in [0.5, 0.6) is 0 Å². The molecule has 0 bridgehead atoms. The fourth-order valence-corrected chi connectivity index (χ4v) is 7.27. The van der Waals surface area contributed by atoms with E-state index in [0.717, 1.165) is 0 Å². The second kappa shape index (κ2) is 8.94. The molecule has 8 atom stereocenters. The number of halogens is 2. The molecule has 0 aromatic carbocycles. The van der Waals surface area contributed by atoms with Crippen molar-refractivity contribution in [2.45, 2.75) is 89.0 Å². The molecule has 0 aromatic heterocycles. The van der Waals surface area contributed by atoms with Crippen LogP contribution in [0.15, 0.2) is 12.7 Å². The number of ether oxygens (including phenoxy) is 3. The Balaban J connectivity index is 2.32. The first-order valence-electron chi connectivity index (χ1n) is 11.4. The summed E-state index contributed by atoms with van der Waals surface area (Å²) in [5.74, 6) is -2.53. The number of hydrogen-bond donors (Lipinski definition) is 2. The molecule has 2 aliphatic carbocycles. The van der Waals surface area contributed by atoms with Gasteiger partial charge in [-0.1, -0.05) is 58.7 Å². The number of ketones is 1. The van der Waals surface area contributed by atoms with Gasteiger partial charge in [-0.3, -0.25) is 14.4 Å². The molecule has 10 heteroatoms. The van der Waals surface area contributed by atoms with E-state index in [1.165, 1.54) is 13.0 Å². The zero-order valence-corrected chi connectivity index (χ0v) is 23.4. The molecule has 1 heterocycles. The molecule has 3 rings (SSSR count). The number of aliphatic hydroxyl groups is 2. The minimum absolute atomic E-state index is 0.0592. The molecule has 1 aliphatic heterocycles. The van der Waals surface area contributed by atoms with Gasteiger partial charge >= 0.3 is 11.9 Å². The number of fused-ring (bicyclic) bond motifs is 3. The van der Waals surface area contributed by atoms with Gasteiger partial charge in [-0.15, -0.1) is 6.58 Å². The van der Waals surface area contributed by atoms with Gasteiger partial charge in [-0.2, -0.15) is 0 Å². The lowest BCUT2D eigenvalue weighted by atomic mass is 9.39. The molecular formula is C24H34Br2O8. The maximum Gasteiger partial charge on any atom is 0.317 e. The molecule has 1 saturated heterocycles. The van der Waals surface area contributed by atoms with Crippen molar-refractivity contribution in [2.75, 3.05) is 10.7 Å². The van der Waals surface area contributed by atoms with Crippen LogP contribution in [-0.4, -0.2) is 73.7 Å². The van der Waals surface area contributed by atoms with Crippen molar-refractivity contribution < 1.29 is 38.8 Å². The maximum atomic E-state index is 14.0. The number of hydrogen-bond acceptors (Lipinski definition) is 8. The van der Waals surface area contributed by atoms with E-state index in [1.807, 2.05) is 13.8 Å². The maximum absolute atomic E-state index is 14.0. The number of carbonyl (C=O) groups is 3. The Kier molecular flexibility index (Phi) is 7.30. The van der Waals surface area contributed by atoms with Gasteiger partial charge in [-0.25, -0.2) is 0 Å². The topological polar surface area (TPSA) is 119 Å². The van der Waals surface area contributed by atoms with Crippen LogP contribution in [0.3, 0.4) is 0 Å². The molecule has 0 radical (unpaired) electrons. The van der Waals surface area contributed by atoms with Crippen molar-refractivity contribution in [3.05, 3.63) is 12.7 Å². The van der Waals surface area contributed by atoms with E-state index in [2.05, 4.69) is 38.4 Å². The average Bonchev–Trinajstić information content (AvgIpc) is 2.75. The minimum Gasteiger partial charge on any atom is -0.461 e. The summed E-state index contributed by atoms with van der Waals surface area (Å²) < 4.78 is 17.8. The van der Waals surface area contributed by atoms with Crippen molar-refractivity contribution in [1.29, 1.82) is 0 Å². The Morgan fingerprint density at radius 2 is 1.71 bits per heavy atom. The smallest absolute Gasteiger partial charge is 0.317 e. The largest absolute Gasteiger partial charge is 0.461 e. The number of Topliss-reactive ketones (excluding diaryl/α,β-unsaturated/α-hetero) is 1. The fourth-order valence-electron chi connectivity index (χ4n) is 7.00. The number of aliphatic hydroxyl groups excluding tert-OH is 1. The van der Waals surface area contributed by atoms with E-state index in [-0.39, 0.29) is 17.1 Å². The highest BCUT2D eigenvalue weighted by molar-refractivity contribution is 9.09. The number of esters is 2. The predicted molar refractivity (Wildman–Crippen MR) is 131 cm³/mol. The van der Waals surface area contributed by atoms with Crippen molar-refractivity contribution in [3.8, 4) is 0 Å². The van der Waals surface area contributed by atoms with Crippen molar-refractivity contribution in [2.24, 2.45) is 16.7 Å². The summed E-state index contributed by atoms with van der Waals surface area (Å²) >= 11 is 6.17. The van der Waals surface area contributed by atoms with Crippen LogP contribution in [0.1, 0.15) is 53.9 Å². The summed E-state index contributed by atoms with van der Waals surface area (Å²) in [5.41, 5.74) is -7.33. The van der Waals surface area contributed by atoms with Gasteiger partial charge < -0.3 is 24.4 Å². The van der Waals surface area contributed by atoms with Crippen LogP contribution < -0.4 is 0 Å². The van der Waals surface area contributed by atoms with Crippen LogP contribution in [0.25, 0.3) is 0 Å². The first kappa shape index (κ1) is 27.8. The van der Waals surface area contributed by atoms with E-state index >= 15 is 0 Å². The molecule has 3 fully saturated rings. The first-order valence-corrected chi connectivity index (χ1v) is 13.6. The van der Waals surface area contributed by atoms with Crippen molar-refractivity contribution in [1.82, 2.24) is 0 Å². The lowest BCUT2D eigenvalue weighted by Crippen LogP contribution is -2.87. The van der Waals surface area contributed by atoms with E-state index < -0.39 is 69.6 Å². The highest BCUT2D eigenvalue weighted by Crippen LogP contribution is 2.67. The van der Waals surface area contributed by atoms with Crippen LogP contribution >= 0.6 is 31.9 Å². The van der Waals surface area contributed by atoms with Crippen LogP contribution in [-0.2, 0) is 28.6 Å². The third-order valence-electron chi connectivity index (χ3n) is 8.44. The van der Waals surface area contributed by atoms with E-state index in [0.29, 0.717) is 12.8 Å². The lowest BCUT2D eigenvalue weighted by molar-refractivity contribution is -0.370. The van der Waals surface area contributed by atoms with E-state index in [9.17, 15) is 24.6 Å². The van der Waals surface area contributed by atoms with E-state index in [1.54, 1.807) is 13.8 Å². The van der Waals surface area contributed by atoms with Crippen molar-refractivity contribution >= 4 is 49.6 Å². The summed E-state index contributed by atoms with van der Waals surface area (Å²) in [6, 6.07) is 0. The summed E-state index contributed by atoms with van der Waals surface area (Å²) in [7, 11) is 0. The molecule has 0 aromatic rings. The zero-order valence-electron chi connectivity index (χ0n) is 20.2. The second-order valence-corrected chi connectivity index (χ2v) is 12.1. The SMILES string of the molecule is C=C[C@@]1(C)CC(=O)[C@]2(O)[C@@]3(C)[C@@H](OC(=O)CBr)CCC(C)(C)[C@@H]3[C@H](O)[C@H](OC(=O)CBr)[C@@]2(C)O1. The summed E-state index contributed by atoms with van der Waals surface area (Å²) in [4.78, 5) is 38.7. The third-order valence-corrected chi connectivity index (χ3v) is 9.36. The van der Waals surface area contributed by atoms with Gasteiger partial charge in [0, 0.05) is 17.8 Å². The van der Waals surface area contributed by atoms with E-state index in [4.69, 9.17) is 14.2 Å². The third kappa shape index (κ3) is 3.74. The summed E-state index contributed by atoms with van der Waals surface area (Å²) in [6.45, 7) is 12.4. The minimum atomic E-state index is -2.25. The van der Waals surface area contributed by atoms with Gasteiger partial charge in [0.1, 0.15) is 22.4 Å². The highest BCUT2D eigenvalue weighted by Gasteiger charge is 2.82. The zero-order chi connectivity index (χ0) is 25.9. The monoisotopic (exact) mass is 608 g/mol. The van der Waals surface area contributed by atoms with Gasteiger partial charge in [0.25, 0.3) is 0 Å². The number of carbonyl (C=O) groups excluding carboxylic acids is 3. The molecule has 0 unspecified atom stereocenters. The Bertz CT molecular complexity index is 892. The number of alkyl halides is 2. The predicted octanol–water partition coefficient (Wildman–Crippen LogP) is 2.84. The molecule has 3 aliphatic rings. The van der Waals surface area contributed by atoms with Gasteiger partial charge in [0.2, 0.25) is 0 Å². The Hall–Kier alpha value is -0.810. The van der Waals surface area contributed by atoms with Gasteiger partial charge in [-0.05, 0) is 32.1 Å².